The molecule has 1 unspecified atom stereocenters. The van der Waals surface area contributed by atoms with Crippen LogP contribution in [0.2, 0.25) is 5.02 Å². The SMILES string of the molecule is CN(C(=O)c1ccc(Cl)cc1)C(Cc1ccccc1)c1ccccc1. The molecule has 3 heteroatoms. The highest BCUT2D eigenvalue weighted by atomic mass is 35.5. The molecule has 0 spiro atoms. The Balaban J connectivity index is 1.90. The molecule has 0 bridgehead atoms. The molecule has 3 aromatic carbocycles. The van der Waals surface area contributed by atoms with Gasteiger partial charge in [-0.3, -0.25) is 4.79 Å². The zero-order valence-electron chi connectivity index (χ0n) is 14.1. The van der Waals surface area contributed by atoms with E-state index in [0.717, 1.165) is 12.0 Å². The number of likely N-dealkylation sites (N-methyl/N-ethyl adjacent to an activating group) is 1. The van der Waals surface area contributed by atoms with Gasteiger partial charge in [-0.15, -0.1) is 0 Å². The van der Waals surface area contributed by atoms with Crippen LogP contribution < -0.4 is 0 Å². The van der Waals surface area contributed by atoms with Gasteiger partial charge in [0.25, 0.3) is 5.91 Å². The summed E-state index contributed by atoms with van der Waals surface area (Å²) in [5, 5.41) is 0.628. The quantitative estimate of drug-likeness (QED) is 0.604. The van der Waals surface area contributed by atoms with E-state index in [1.807, 2.05) is 48.3 Å². The van der Waals surface area contributed by atoms with Crippen LogP contribution in [-0.4, -0.2) is 17.9 Å². The van der Waals surface area contributed by atoms with Crippen molar-refractivity contribution >= 4 is 17.5 Å². The van der Waals surface area contributed by atoms with Gasteiger partial charge in [-0.1, -0.05) is 72.3 Å². The predicted octanol–water partition coefficient (Wildman–Crippen LogP) is 5.40. The monoisotopic (exact) mass is 349 g/mol. The minimum absolute atomic E-state index is 0.0125. The Kier molecular flexibility index (Phi) is 5.52. The number of nitrogens with zero attached hydrogens (tertiary/aromatic N) is 1. The summed E-state index contributed by atoms with van der Waals surface area (Å²) in [6.07, 6.45) is 0.765. The summed E-state index contributed by atoms with van der Waals surface area (Å²) in [5.74, 6) is -0.0125. The molecule has 0 radical (unpaired) electrons. The second-order valence-electron chi connectivity index (χ2n) is 6.04. The minimum atomic E-state index is -0.0354. The molecule has 0 N–H and O–H groups in total. The van der Waals surface area contributed by atoms with Crippen LogP contribution >= 0.6 is 11.6 Å². The fraction of sp³-hybridized carbons (Fsp3) is 0.136. The fourth-order valence-electron chi connectivity index (χ4n) is 2.93. The molecule has 0 fully saturated rings. The smallest absolute Gasteiger partial charge is 0.254 e. The van der Waals surface area contributed by atoms with Gasteiger partial charge in [0, 0.05) is 17.6 Å². The van der Waals surface area contributed by atoms with Crippen LogP contribution in [0.5, 0.6) is 0 Å². The highest BCUT2D eigenvalue weighted by Crippen LogP contribution is 2.26. The van der Waals surface area contributed by atoms with Gasteiger partial charge in [0.15, 0.2) is 0 Å². The summed E-state index contributed by atoms with van der Waals surface area (Å²) in [6, 6.07) is 27.4. The van der Waals surface area contributed by atoms with E-state index in [-0.39, 0.29) is 11.9 Å². The van der Waals surface area contributed by atoms with Crippen molar-refractivity contribution in [2.75, 3.05) is 7.05 Å². The van der Waals surface area contributed by atoms with Gasteiger partial charge in [-0.2, -0.15) is 0 Å². The Bertz CT molecular complexity index is 816. The lowest BCUT2D eigenvalue weighted by atomic mass is 9.97. The van der Waals surface area contributed by atoms with Gasteiger partial charge in [0.05, 0.1) is 6.04 Å². The summed E-state index contributed by atoms with van der Waals surface area (Å²) in [6.45, 7) is 0. The zero-order chi connectivity index (χ0) is 17.6. The predicted molar refractivity (Wildman–Crippen MR) is 103 cm³/mol. The molecule has 0 aliphatic carbocycles. The van der Waals surface area contributed by atoms with Gasteiger partial charge >= 0.3 is 0 Å². The van der Waals surface area contributed by atoms with Crippen molar-refractivity contribution in [1.29, 1.82) is 0 Å². The maximum Gasteiger partial charge on any atom is 0.254 e. The Hall–Kier alpha value is -2.58. The van der Waals surface area contributed by atoms with Gasteiger partial charge in [-0.05, 0) is 41.8 Å². The third-order valence-electron chi connectivity index (χ3n) is 4.34. The first-order valence-electron chi connectivity index (χ1n) is 8.27. The lowest BCUT2D eigenvalue weighted by Gasteiger charge is -2.29. The van der Waals surface area contributed by atoms with Crippen molar-refractivity contribution in [2.45, 2.75) is 12.5 Å². The molecule has 25 heavy (non-hydrogen) atoms. The molecule has 1 amide bonds. The second kappa shape index (κ2) is 8.00. The van der Waals surface area contributed by atoms with Crippen molar-refractivity contribution in [2.24, 2.45) is 0 Å². The topological polar surface area (TPSA) is 20.3 Å². The number of hydrogen-bond acceptors (Lipinski definition) is 1. The molecule has 0 aromatic heterocycles. The highest BCUT2D eigenvalue weighted by molar-refractivity contribution is 6.30. The molecule has 3 rings (SSSR count). The molecule has 0 saturated heterocycles. The number of carbonyl (C=O) groups excluding carboxylic acids is 1. The number of carbonyl (C=O) groups is 1. The molecular formula is C22H20ClNO. The van der Waals surface area contributed by atoms with Crippen LogP contribution in [0.1, 0.15) is 27.5 Å². The summed E-state index contributed by atoms with van der Waals surface area (Å²) >= 11 is 5.94. The van der Waals surface area contributed by atoms with Crippen molar-refractivity contribution in [3.05, 3.63) is 107 Å². The number of hydrogen-bond donors (Lipinski definition) is 0. The average molecular weight is 350 g/mol. The van der Waals surface area contributed by atoms with Crippen LogP contribution in [0.4, 0.5) is 0 Å². The Morgan fingerprint density at radius 2 is 1.44 bits per heavy atom. The van der Waals surface area contributed by atoms with E-state index < -0.39 is 0 Å². The fourth-order valence-corrected chi connectivity index (χ4v) is 3.05. The Morgan fingerprint density at radius 3 is 2.04 bits per heavy atom. The lowest BCUT2D eigenvalue weighted by Crippen LogP contribution is -2.32. The van der Waals surface area contributed by atoms with Crippen LogP contribution in [0.25, 0.3) is 0 Å². The molecule has 126 valence electrons. The molecule has 3 aromatic rings. The van der Waals surface area contributed by atoms with Crippen LogP contribution in [0.3, 0.4) is 0 Å². The first-order valence-corrected chi connectivity index (χ1v) is 8.64. The lowest BCUT2D eigenvalue weighted by molar-refractivity contribution is 0.0729. The Labute approximate surface area is 153 Å². The number of benzene rings is 3. The van der Waals surface area contributed by atoms with E-state index in [1.54, 1.807) is 24.3 Å². The van der Waals surface area contributed by atoms with E-state index in [1.165, 1.54) is 5.56 Å². The maximum absolute atomic E-state index is 12.9. The standard InChI is InChI=1S/C22H20ClNO/c1-24(22(25)19-12-14-20(23)15-13-19)21(18-10-6-3-7-11-18)16-17-8-4-2-5-9-17/h2-15,21H,16H2,1H3. The summed E-state index contributed by atoms with van der Waals surface area (Å²) in [4.78, 5) is 14.8. The molecule has 0 aliphatic rings. The Morgan fingerprint density at radius 1 is 0.880 bits per heavy atom. The van der Waals surface area contributed by atoms with Crippen molar-refractivity contribution in [1.82, 2.24) is 4.90 Å². The zero-order valence-corrected chi connectivity index (χ0v) is 14.9. The van der Waals surface area contributed by atoms with Gasteiger partial charge in [0.1, 0.15) is 0 Å². The number of rotatable bonds is 5. The molecule has 2 nitrogen and oxygen atoms in total. The summed E-state index contributed by atoms with van der Waals surface area (Å²) in [5.41, 5.74) is 2.96. The van der Waals surface area contributed by atoms with E-state index in [0.29, 0.717) is 10.6 Å². The second-order valence-corrected chi connectivity index (χ2v) is 6.48. The van der Waals surface area contributed by atoms with Crippen LogP contribution in [0.15, 0.2) is 84.9 Å². The van der Waals surface area contributed by atoms with Crippen LogP contribution in [0, 0.1) is 0 Å². The maximum atomic E-state index is 12.9. The molecule has 0 heterocycles. The van der Waals surface area contributed by atoms with E-state index >= 15 is 0 Å². The highest BCUT2D eigenvalue weighted by Gasteiger charge is 2.23. The normalized spacial score (nSPS) is 11.8. The van der Waals surface area contributed by atoms with Crippen molar-refractivity contribution in [3.63, 3.8) is 0 Å². The van der Waals surface area contributed by atoms with Gasteiger partial charge in [0.2, 0.25) is 0 Å². The number of amides is 1. The largest absolute Gasteiger partial charge is 0.334 e. The first kappa shape index (κ1) is 17.2. The molecule has 0 saturated carbocycles. The summed E-state index contributed by atoms with van der Waals surface area (Å²) in [7, 11) is 1.86. The van der Waals surface area contributed by atoms with E-state index in [9.17, 15) is 4.79 Å². The third kappa shape index (κ3) is 4.28. The van der Waals surface area contributed by atoms with Crippen molar-refractivity contribution in [3.8, 4) is 0 Å². The molecular weight excluding hydrogens is 330 g/mol. The van der Waals surface area contributed by atoms with Crippen molar-refractivity contribution < 1.29 is 4.79 Å². The van der Waals surface area contributed by atoms with E-state index in [2.05, 4.69) is 24.3 Å². The summed E-state index contributed by atoms with van der Waals surface area (Å²) < 4.78 is 0. The molecule has 1 atom stereocenters. The first-order chi connectivity index (χ1) is 12.1. The van der Waals surface area contributed by atoms with E-state index in [4.69, 9.17) is 11.6 Å². The minimum Gasteiger partial charge on any atom is -0.334 e. The third-order valence-corrected chi connectivity index (χ3v) is 4.59. The number of halogens is 1. The van der Waals surface area contributed by atoms with Gasteiger partial charge < -0.3 is 4.90 Å². The van der Waals surface area contributed by atoms with Crippen LogP contribution in [-0.2, 0) is 6.42 Å². The average Bonchev–Trinajstić information content (AvgIpc) is 2.67. The van der Waals surface area contributed by atoms with Gasteiger partial charge in [-0.25, -0.2) is 0 Å². The molecule has 0 aliphatic heterocycles.